The highest BCUT2D eigenvalue weighted by atomic mass is 32.2. The lowest BCUT2D eigenvalue weighted by molar-refractivity contribution is 0.265. The van der Waals surface area contributed by atoms with Crippen LogP contribution in [0.5, 0.6) is 5.75 Å². The molecule has 0 N–H and O–H groups in total. The van der Waals surface area contributed by atoms with E-state index in [1.807, 2.05) is 0 Å². The number of benzene rings is 2. The Morgan fingerprint density at radius 1 is 1.18 bits per heavy atom. The number of rotatable bonds is 6. The topological polar surface area (TPSA) is 129 Å². The predicted molar refractivity (Wildman–Crippen MR) is 116 cm³/mol. The molecule has 1 atom stereocenters. The van der Waals surface area contributed by atoms with Gasteiger partial charge >= 0.3 is 0 Å². The molecule has 0 bridgehead atoms. The van der Waals surface area contributed by atoms with Crippen molar-refractivity contribution in [3.8, 4) is 22.8 Å². The van der Waals surface area contributed by atoms with Crippen LogP contribution < -0.4 is 4.74 Å². The molecule has 1 aliphatic heterocycles. The fraction of sp³-hybridized carbons (Fsp3) is 0.286. The molecule has 176 valence electrons. The van der Waals surface area contributed by atoms with Crippen LogP contribution in [0.4, 0.5) is 4.39 Å². The van der Waals surface area contributed by atoms with E-state index in [0.29, 0.717) is 48.1 Å². The van der Waals surface area contributed by atoms with Crippen molar-refractivity contribution in [2.75, 3.05) is 20.2 Å². The highest BCUT2D eigenvalue weighted by Gasteiger charge is 2.34. The van der Waals surface area contributed by atoms with E-state index in [9.17, 15) is 12.8 Å². The van der Waals surface area contributed by atoms with Crippen LogP contribution in [0, 0.1) is 5.82 Å². The number of tetrazole rings is 1. The van der Waals surface area contributed by atoms with Crippen LogP contribution in [0.15, 0.2) is 58.2 Å². The maximum atomic E-state index is 13.4. The van der Waals surface area contributed by atoms with Gasteiger partial charge < -0.3 is 9.26 Å². The number of sulfonamides is 1. The molecular formula is C21H20FN7O4S. The van der Waals surface area contributed by atoms with Crippen LogP contribution in [0.1, 0.15) is 24.7 Å². The standard InChI is InChI=1S/C21H20FN7O4S/c1-32-19-11-17(8-9-18(19)29-13-23-26-27-29)34(30,31)28-10-2-3-15(12-28)21-24-20(25-33-21)14-4-6-16(22)7-5-14/h4-9,11,13,15H,2-3,10,12H2,1H3. The van der Waals surface area contributed by atoms with Crippen LogP contribution >= 0.6 is 0 Å². The largest absolute Gasteiger partial charge is 0.494 e. The van der Waals surface area contributed by atoms with E-state index in [1.165, 1.54) is 46.7 Å². The summed E-state index contributed by atoms with van der Waals surface area (Å²) < 4.78 is 53.6. The van der Waals surface area contributed by atoms with Gasteiger partial charge in [0.15, 0.2) is 0 Å². The van der Waals surface area contributed by atoms with Crippen LogP contribution in [0.25, 0.3) is 17.1 Å². The average Bonchev–Trinajstić information content (AvgIpc) is 3.57. The SMILES string of the molecule is COc1cc(S(=O)(=O)N2CCCC(c3nc(-c4ccc(F)cc4)no3)C2)ccc1-n1cnnn1. The molecular weight excluding hydrogens is 465 g/mol. The maximum Gasteiger partial charge on any atom is 0.243 e. The first kappa shape index (κ1) is 22.1. The Bertz CT molecular complexity index is 1390. The van der Waals surface area contributed by atoms with Crippen molar-refractivity contribution in [2.24, 2.45) is 0 Å². The van der Waals surface area contributed by atoms with E-state index < -0.39 is 10.0 Å². The molecule has 4 aromatic rings. The second-order valence-electron chi connectivity index (χ2n) is 7.75. The summed E-state index contributed by atoms with van der Waals surface area (Å²) in [5.74, 6) is 0.391. The van der Waals surface area contributed by atoms with Gasteiger partial charge in [0.05, 0.1) is 17.9 Å². The molecule has 0 radical (unpaired) electrons. The average molecular weight is 486 g/mol. The third kappa shape index (κ3) is 4.15. The van der Waals surface area contributed by atoms with Gasteiger partial charge in [0, 0.05) is 24.7 Å². The minimum Gasteiger partial charge on any atom is -0.494 e. The zero-order valence-electron chi connectivity index (χ0n) is 18.1. The minimum absolute atomic E-state index is 0.0966. The van der Waals surface area contributed by atoms with E-state index in [2.05, 4.69) is 25.7 Å². The molecule has 0 amide bonds. The van der Waals surface area contributed by atoms with Gasteiger partial charge in [0.2, 0.25) is 21.7 Å². The van der Waals surface area contributed by atoms with Gasteiger partial charge in [-0.2, -0.15) is 14.0 Å². The summed E-state index contributed by atoms with van der Waals surface area (Å²) >= 11 is 0. The highest BCUT2D eigenvalue weighted by Crippen LogP contribution is 2.32. The van der Waals surface area contributed by atoms with Crippen molar-refractivity contribution >= 4 is 10.0 Å². The van der Waals surface area contributed by atoms with Crippen molar-refractivity contribution in [3.63, 3.8) is 0 Å². The first-order chi connectivity index (χ1) is 16.5. The number of halogens is 1. The second kappa shape index (κ2) is 8.91. The van der Waals surface area contributed by atoms with Gasteiger partial charge in [0.25, 0.3) is 0 Å². The van der Waals surface area contributed by atoms with Crippen molar-refractivity contribution in [3.05, 3.63) is 60.5 Å². The predicted octanol–water partition coefficient (Wildman–Crippen LogP) is 2.43. The Labute approximate surface area is 194 Å². The number of ether oxygens (including phenoxy) is 1. The van der Waals surface area contributed by atoms with E-state index in [4.69, 9.17) is 9.26 Å². The van der Waals surface area contributed by atoms with Crippen LogP contribution in [-0.2, 0) is 10.0 Å². The number of aromatic nitrogens is 6. The molecule has 34 heavy (non-hydrogen) atoms. The number of hydrogen-bond donors (Lipinski definition) is 0. The Morgan fingerprint density at radius 3 is 2.74 bits per heavy atom. The normalized spacial score (nSPS) is 17.1. The molecule has 1 unspecified atom stereocenters. The van der Waals surface area contributed by atoms with Gasteiger partial charge in [-0.1, -0.05) is 5.16 Å². The smallest absolute Gasteiger partial charge is 0.243 e. The lowest BCUT2D eigenvalue weighted by Gasteiger charge is -2.30. The summed E-state index contributed by atoms with van der Waals surface area (Å²) in [6.45, 7) is 0.569. The molecule has 0 spiro atoms. The Hall–Kier alpha value is -3.71. The fourth-order valence-corrected chi connectivity index (χ4v) is 5.45. The summed E-state index contributed by atoms with van der Waals surface area (Å²) in [4.78, 5) is 4.52. The van der Waals surface area contributed by atoms with Gasteiger partial charge in [-0.3, -0.25) is 0 Å². The molecule has 1 saturated heterocycles. The Kier molecular flexibility index (Phi) is 5.79. The van der Waals surface area contributed by atoms with Crippen molar-refractivity contribution in [2.45, 2.75) is 23.7 Å². The highest BCUT2D eigenvalue weighted by molar-refractivity contribution is 7.89. The van der Waals surface area contributed by atoms with Crippen molar-refractivity contribution < 1.29 is 22.1 Å². The van der Waals surface area contributed by atoms with Gasteiger partial charge in [0.1, 0.15) is 23.6 Å². The number of hydrogen-bond acceptors (Lipinski definition) is 9. The fourth-order valence-electron chi connectivity index (χ4n) is 3.91. The van der Waals surface area contributed by atoms with Gasteiger partial charge in [-0.05, 0) is 59.7 Å². The second-order valence-corrected chi connectivity index (χ2v) is 9.69. The van der Waals surface area contributed by atoms with Crippen LogP contribution in [0.2, 0.25) is 0 Å². The number of methoxy groups -OCH3 is 1. The molecule has 2 aromatic heterocycles. The van der Waals surface area contributed by atoms with Crippen molar-refractivity contribution in [1.29, 1.82) is 0 Å². The first-order valence-electron chi connectivity index (χ1n) is 10.5. The van der Waals surface area contributed by atoms with Gasteiger partial charge in [-0.25, -0.2) is 12.8 Å². The zero-order valence-corrected chi connectivity index (χ0v) is 18.9. The summed E-state index contributed by atoms with van der Waals surface area (Å²) in [7, 11) is -2.36. The van der Waals surface area contributed by atoms with Crippen molar-refractivity contribution in [1.82, 2.24) is 34.7 Å². The summed E-state index contributed by atoms with van der Waals surface area (Å²) in [6.07, 6.45) is 2.74. The molecule has 13 heteroatoms. The molecule has 11 nitrogen and oxygen atoms in total. The Balaban J connectivity index is 1.38. The molecule has 5 rings (SSSR count). The summed E-state index contributed by atoms with van der Waals surface area (Å²) in [6, 6.07) is 10.3. The number of nitrogens with zero attached hydrogens (tertiary/aromatic N) is 7. The molecule has 2 aromatic carbocycles. The minimum atomic E-state index is -3.81. The zero-order chi connectivity index (χ0) is 23.7. The van der Waals surface area contributed by atoms with Gasteiger partial charge in [-0.15, -0.1) is 5.10 Å². The van der Waals surface area contributed by atoms with Crippen LogP contribution in [-0.4, -0.2) is 63.3 Å². The monoisotopic (exact) mass is 485 g/mol. The lowest BCUT2D eigenvalue weighted by Crippen LogP contribution is -2.39. The van der Waals surface area contributed by atoms with E-state index in [0.717, 1.165) is 0 Å². The molecule has 1 fully saturated rings. The van der Waals surface area contributed by atoms with E-state index in [-0.39, 0.29) is 23.2 Å². The van der Waals surface area contributed by atoms with Crippen LogP contribution in [0.3, 0.4) is 0 Å². The third-order valence-corrected chi connectivity index (χ3v) is 7.52. The lowest BCUT2D eigenvalue weighted by atomic mass is 10.00. The summed E-state index contributed by atoms with van der Waals surface area (Å²) in [5, 5.41) is 15.0. The maximum absolute atomic E-state index is 13.4. The van der Waals surface area contributed by atoms with E-state index >= 15 is 0 Å². The third-order valence-electron chi connectivity index (χ3n) is 5.66. The first-order valence-corrected chi connectivity index (χ1v) is 11.9. The number of piperidine rings is 1. The molecule has 1 aliphatic rings. The quantitative estimate of drug-likeness (QED) is 0.404. The molecule has 0 aliphatic carbocycles. The molecule has 0 saturated carbocycles. The van der Waals surface area contributed by atoms with E-state index in [1.54, 1.807) is 18.2 Å². The molecule has 3 heterocycles. The Morgan fingerprint density at radius 2 is 2.00 bits per heavy atom. The summed E-state index contributed by atoms with van der Waals surface area (Å²) in [5.41, 5.74) is 1.13.